The van der Waals surface area contributed by atoms with E-state index >= 15 is 0 Å². The molecule has 1 saturated heterocycles. The molecule has 5 nitrogen and oxygen atoms in total. The summed E-state index contributed by atoms with van der Waals surface area (Å²) in [5.74, 6) is 0.232. The van der Waals surface area contributed by atoms with Crippen LogP contribution < -0.4 is 10.1 Å². The van der Waals surface area contributed by atoms with Crippen LogP contribution in [0.2, 0.25) is 0 Å². The van der Waals surface area contributed by atoms with Gasteiger partial charge in [0.2, 0.25) is 5.88 Å². The molecule has 0 amide bonds. The number of aromatic nitrogens is 1. The Morgan fingerprint density at radius 3 is 2.68 bits per heavy atom. The molecule has 4 rings (SSSR count). The Morgan fingerprint density at radius 2 is 2.00 bits per heavy atom. The number of likely N-dealkylation sites (tertiary alicyclic amines) is 1. The van der Waals surface area contributed by atoms with E-state index in [0.717, 1.165) is 18.9 Å². The van der Waals surface area contributed by atoms with Crippen molar-refractivity contribution in [2.75, 3.05) is 20.1 Å². The third kappa shape index (κ3) is 4.53. The van der Waals surface area contributed by atoms with E-state index in [1.165, 1.54) is 18.2 Å². The number of pyridine rings is 1. The minimum Gasteiger partial charge on any atom is -0.472 e. The number of hydrogen-bond acceptors (Lipinski definition) is 3. The van der Waals surface area contributed by atoms with Crippen LogP contribution in [-0.4, -0.2) is 48.1 Å². The molecular formula is C20H23F2IN4O. The van der Waals surface area contributed by atoms with E-state index in [1.54, 1.807) is 13.2 Å². The minimum atomic E-state index is -0.482. The topological polar surface area (TPSA) is 49.8 Å². The monoisotopic (exact) mass is 500 g/mol. The average molecular weight is 500 g/mol. The molecule has 2 fully saturated rings. The lowest BCUT2D eigenvalue weighted by Crippen LogP contribution is -2.42. The highest BCUT2D eigenvalue weighted by Crippen LogP contribution is 2.43. The summed E-state index contributed by atoms with van der Waals surface area (Å²) in [5, 5.41) is 3.34. The Labute approximate surface area is 180 Å². The molecule has 2 aliphatic rings. The molecule has 1 aliphatic carbocycles. The van der Waals surface area contributed by atoms with Gasteiger partial charge in [0.25, 0.3) is 0 Å². The predicted molar refractivity (Wildman–Crippen MR) is 114 cm³/mol. The normalized spacial score (nSPS) is 23.9. The highest BCUT2D eigenvalue weighted by atomic mass is 127. The zero-order chi connectivity index (χ0) is 18.8. The lowest BCUT2D eigenvalue weighted by Gasteiger charge is -2.22. The third-order valence-corrected chi connectivity index (χ3v) is 5.06. The van der Waals surface area contributed by atoms with Crippen molar-refractivity contribution in [2.24, 2.45) is 4.99 Å². The number of aliphatic imine (C=N–C) groups is 1. The van der Waals surface area contributed by atoms with Crippen LogP contribution in [-0.2, 0) is 0 Å². The molecule has 2 heterocycles. The largest absolute Gasteiger partial charge is 0.472 e. The van der Waals surface area contributed by atoms with Crippen molar-refractivity contribution in [1.82, 2.24) is 15.2 Å². The quantitative estimate of drug-likeness (QED) is 0.397. The van der Waals surface area contributed by atoms with Crippen molar-refractivity contribution >= 4 is 29.9 Å². The Kier molecular flexibility index (Phi) is 6.69. The van der Waals surface area contributed by atoms with Gasteiger partial charge in [-0.3, -0.25) is 4.99 Å². The van der Waals surface area contributed by atoms with Crippen LogP contribution in [0.1, 0.15) is 24.3 Å². The Hall–Kier alpha value is -1.97. The molecule has 1 aromatic carbocycles. The summed E-state index contributed by atoms with van der Waals surface area (Å²) in [4.78, 5) is 10.6. The first-order valence-electron chi connectivity index (χ1n) is 9.15. The molecule has 1 aliphatic heterocycles. The molecule has 28 heavy (non-hydrogen) atoms. The zero-order valence-corrected chi connectivity index (χ0v) is 17.8. The Morgan fingerprint density at radius 1 is 1.21 bits per heavy atom. The molecule has 3 atom stereocenters. The lowest BCUT2D eigenvalue weighted by molar-refractivity contribution is 0.205. The number of benzene rings is 1. The van der Waals surface area contributed by atoms with Crippen LogP contribution >= 0.6 is 24.0 Å². The van der Waals surface area contributed by atoms with Gasteiger partial charge < -0.3 is 15.0 Å². The fraction of sp³-hybridized carbons (Fsp3) is 0.400. The first kappa shape index (κ1) is 20.8. The van der Waals surface area contributed by atoms with E-state index in [2.05, 4.69) is 20.2 Å². The van der Waals surface area contributed by atoms with Gasteiger partial charge >= 0.3 is 0 Å². The van der Waals surface area contributed by atoms with Crippen molar-refractivity contribution in [1.29, 1.82) is 0 Å². The van der Waals surface area contributed by atoms with Crippen molar-refractivity contribution in [2.45, 2.75) is 30.9 Å². The summed E-state index contributed by atoms with van der Waals surface area (Å²) in [5.41, 5.74) is 0.170. The van der Waals surface area contributed by atoms with Gasteiger partial charge in [0, 0.05) is 49.8 Å². The van der Waals surface area contributed by atoms with Crippen LogP contribution in [0.4, 0.5) is 8.78 Å². The van der Waals surface area contributed by atoms with Crippen molar-refractivity contribution in [3.05, 3.63) is 59.8 Å². The molecule has 3 unspecified atom stereocenters. The van der Waals surface area contributed by atoms with Crippen LogP contribution in [0.5, 0.6) is 5.88 Å². The fourth-order valence-corrected chi connectivity index (χ4v) is 3.61. The van der Waals surface area contributed by atoms with Gasteiger partial charge in [-0.1, -0.05) is 12.1 Å². The summed E-state index contributed by atoms with van der Waals surface area (Å²) >= 11 is 0. The molecule has 1 aromatic heterocycles. The number of nitrogens with one attached hydrogen (secondary N) is 1. The second kappa shape index (κ2) is 9.02. The summed E-state index contributed by atoms with van der Waals surface area (Å²) < 4.78 is 33.8. The molecule has 2 aromatic rings. The Balaban J connectivity index is 0.00000225. The van der Waals surface area contributed by atoms with E-state index < -0.39 is 11.6 Å². The van der Waals surface area contributed by atoms with Crippen molar-refractivity contribution in [3.8, 4) is 5.88 Å². The van der Waals surface area contributed by atoms with Gasteiger partial charge in [-0.25, -0.2) is 13.8 Å². The van der Waals surface area contributed by atoms with E-state index in [4.69, 9.17) is 4.74 Å². The number of rotatable bonds is 4. The smallest absolute Gasteiger partial charge is 0.213 e. The van der Waals surface area contributed by atoms with Crippen LogP contribution in [0.3, 0.4) is 0 Å². The van der Waals surface area contributed by atoms with Gasteiger partial charge in [-0.15, -0.1) is 24.0 Å². The number of halogens is 3. The molecule has 1 N–H and O–H groups in total. The summed E-state index contributed by atoms with van der Waals surface area (Å²) in [6.45, 7) is 1.50. The number of nitrogens with zero attached hydrogens (tertiary/aromatic N) is 3. The Bertz CT molecular complexity index is 816. The first-order chi connectivity index (χ1) is 13.2. The summed E-state index contributed by atoms with van der Waals surface area (Å²) in [7, 11) is 1.72. The minimum absolute atomic E-state index is 0. The second-order valence-corrected chi connectivity index (χ2v) is 6.92. The maximum atomic E-state index is 14.0. The maximum absolute atomic E-state index is 14.0. The van der Waals surface area contributed by atoms with Gasteiger partial charge in [0.05, 0.1) is 6.54 Å². The molecule has 0 radical (unpaired) electrons. The molecule has 1 saturated carbocycles. The van der Waals surface area contributed by atoms with Crippen LogP contribution in [0.15, 0.2) is 47.6 Å². The van der Waals surface area contributed by atoms with Crippen LogP contribution in [0, 0.1) is 11.6 Å². The van der Waals surface area contributed by atoms with Gasteiger partial charge in [0.15, 0.2) is 5.96 Å². The molecule has 8 heteroatoms. The predicted octanol–water partition coefficient (Wildman–Crippen LogP) is 3.56. The summed E-state index contributed by atoms with van der Waals surface area (Å²) in [6.07, 6.45) is 3.31. The standard InChI is InChI=1S/C20H22F2N4O.HI/c1-23-20(25-17-11-14(17)19-15(21)5-4-6-16(19)22)26-10-8-13(12-26)27-18-7-2-3-9-24-18;/h2-7,9,13-14,17H,8,10-12H2,1H3,(H,23,25);1H. The molecule has 0 bridgehead atoms. The van der Waals surface area contributed by atoms with Crippen molar-refractivity contribution in [3.63, 3.8) is 0 Å². The third-order valence-electron chi connectivity index (χ3n) is 5.06. The number of hydrogen-bond donors (Lipinski definition) is 1. The lowest BCUT2D eigenvalue weighted by atomic mass is 10.1. The van der Waals surface area contributed by atoms with Crippen molar-refractivity contribution < 1.29 is 13.5 Å². The summed E-state index contributed by atoms with van der Waals surface area (Å²) in [6, 6.07) is 9.59. The second-order valence-electron chi connectivity index (χ2n) is 6.92. The van der Waals surface area contributed by atoms with Gasteiger partial charge in [-0.2, -0.15) is 0 Å². The maximum Gasteiger partial charge on any atom is 0.213 e. The highest BCUT2D eigenvalue weighted by Gasteiger charge is 2.43. The SMILES string of the molecule is CN=C(NC1CC1c1c(F)cccc1F)N1CCC(Oc2ccccn2)C1.I. The molecule has 150 valence electrons. The van der Waals surface area contributed by atoms with Gasteiger partial charge in [-0.05, 0) is 24.6 Å². The van der Waals surface area contributed by atoms with E-state index in [-0.39, 0.29) is 47.6 Å². The number of ether oxygens (including phenoxy) is 1. The zero-order valence-electron chi connectivity index (χ0n) is 15.5. The molecule has 0 spiro atoms. The highest BCUT2D eigenvalue weighted by molar-refractivity contribution is 14.0. The van der Waals surface area contributed by atoms with E-state index in [9.17, 15) is 8.78 Å². The fourth-order valence-electron chi connectivity index (χ4n) is 3.61. The first-order valence-corrected chi connectivity index (χ1v) is 9.15. The number of guanidine groups is 1. The average Bonchev–Trinajstić information content (AvgIpc) is 3.26. The van der Waals surface area contributed by atoms with E-state index in [1.807, 2.05) is 18.2 Å². The van der Waals surface area contributed by atoms with Gasteiger partial charge in [0.1, 0.15) is 17.7 Å². The van der Waals surface area contributed by atoms with E-state index in [0.29, 0.717) is 18.8 Å². The van der Waals surface area contributed by atoms with Crippen LogP contribution in [0.25, 0.3) is 0 Å². The molecular weight excluding hydrogens is 477 g/mol.